The maximum absolute atomic E-state index is 12.9. The zero-order valence-electron chi connectivity index (χ0n) is 8.10. The molecule has 0 saturated carbocycles. The van der Waals surface area contributed by atoms with Crippen molar-refractivity contribution in [3.05, 3.63) is 71.5 Å². The Balaban J connectivity index is 2.32. The quantitative estimate of drug-likeness (QED) is 0.793. The molecule has 15 heavy (non-hydrogen) atoms. The Hall–Kier alpha value is -1.67. The molecule has 0 bridgehead atoms. The summed E-state index contributed by atoms with van der Waals surface area (Å²) in [4.78, 5) is 0. The summed E-state index contributed by atoms with van der Waals surface area (Å²) in [5.41, 5.74) is 1.34. The molecule has 0 fully saturated rings. The maximum atomic E-state index is 12.9. The third kappa shape index (κ3) is 2.22. The first kappa shape index (κ1) is 9.87. The van der Waals surface area contributed by atoms with Crippen molar-refractivity contribution in [1.29, 1.82) is 0 Å². The van der Waals surface area contributed by atoms with E-state index in [2.05, 4.69) is 0 Å². The summed E-state index contributed by atoms with van der Waals surface area (Å²) in [5, 5.41) is 9.95. The van der Waals surface area contributed by atoms with E-state index < -0.39 is 6.10 Å². The molecule has 2 heteroatoms. The van der Waals surface area contributed by atoms with Crippen LogP contribution in [-0.4, -0.2) is 5.11 Å². The van der Waals surface area contributed by atoms with E-state index in [1.807, 2.05) is 30.3 Å². The summed E-state index contributed by atoms with van der Waals surface area (Å²) < 4.78 is 12.9. The lowest BCUT2D eigenvalue weighted by Crippen LogP contribution is -1.99. The van der Waals surface area contributed by atoms with Crippen LogP contribution in [0.15, 0.2) is 54.6 Å². The molecule has 2 aromatic carbocycles. The van der Waals surface area contributed by atoms with Gasteiger partial charge in [0.15, 0.2) is 0 Å². The smallest absolute Gasteiger partial charge is 0.123 e. The molecule has 0 radical (unpaired) electrons. The van der Waals surface area contributed by atoms with Crippen molar-refractivity contribution in [3.63, 3.8) is 0 Å². The second kappa shape index (κ2) is 4.24. The van der Waals surface area contributed by atoms with Crippen LogP contribution < -0.4 is 0 Å². The normalized spacial score (nSPS) is 12.4. The first-order valence-corrected chi connectivity index (χ1v) is 4.76. The molecule has 1 N–H and O–H groups in total. The second-order valence-electron chi connectivity index (χ2n) is 3.37. The van der Waals surface area contributed by atoms with Crippen LogP contribution in [0.1, 0.15) is 17.2 Å². The number of aliphatic hydroxyl groups is 1. The molecule has 0 saturated heterocycles. The van der Waals surface area contributed by atoms with E-state index >= 15 is 0 Å². The minimum absolute atomic E-state index is 0.331. The van der Waals surface area contributed by atoms with Crippen molar-refractivity contribution in [2.75, 3.05) is 0 Å². The molecule has 0 amide bonds. The molecule has 0 aliphatic heterocycles. The number of rotatable bonds is 2. The molecule has 0 spiro atoms. The van der Waals surface area contributed by atoms with Crippen molar-refractivity contribution in [2.45, 2.75) is 6.10 Å². The fourth-order valence-electron chi connectivity index (χ4n) is 1.50. The molecule has 0 aromatic heterocycles. The fourth-order valence-corrected chi connectivity index (χ4v) is 1.50. The van der Waals surface area contributed by atoms with Crippen LogP contribution in [0.25, 0.3) is 0 Å². The van der Waals surface area contributed by atoms with Gasteiger partial charge in [0.25, 0.3) is 0 Å². The van der Waals surface area contributed by atoms with Crippen LogP contribution in [0.3, 0.4) is 0 Å². The van der Waals surface area contributed by atoms with Gasteiger partial charge >= 0.3 is 0 Å². The van der Waals surface area contributed by atoms with Gasteiger partial charge in [0, 0.05) is 0 Å². The molecule has 0 aliphatic carbocycles. The maximum Gasteiger partial charge on any atom is 0.123 e. The van der Waals surface area contributed by atoms with Crippen LogP contribution in [-0.2, 0) is 0 Å². The highest BCUT2D eigenvalue weighted by atomic mass is 19.1. The predicted molar refractivity (Wildman–Crippen MR) is 56.9 cm³/mol. The van der Waals surface area contributed by atoms with Gasteiger partial charge in [-0.05, 0) is 23.3 Å². The second-order valence-corrected chi connectivity index (χ2v) is 3.37. The number of benzene rings is 2. The van der Waals surface area contributed by atoms with Crippen molar-refractivity contribution >= 4 is 0 Å². The molecule has 0 unspecified atom stereocenters. The Labute approximate surface area is 87.8 Å². The van der Waals surface area contributed by atoms with Crippen LogP contribution in [0.5, 0.6) is 0 Å². The zero-order chi connectivity index (χ0) is 10.7. The molecule has 1 nitrogen and oxygen atoms in total. The van der Waals surface area contributed by atoms with Gasteiger partial charge < -0.3 is 5.11 Å². The highest BCUT2D eigenvalue weighted by Crippen LogP contribution is 2.21. The number of hydrogen-bond donors (Lipinski definition) is 1. The Morgan fingerprint density at radius 3 is 2.20 bits per heavy atom. The predicted octanol–water partition coefficient (Wildman–Crippen LogP) is 2.91. The molecular formula is C13H11FO. The first-order chi connectivity index (χ1) is 7.27. The molecule has 2 aromatic rings. The summed E-state index contributed by atoms with van der Waals surface area (Å²) in [5.74, 6) is -0.331. The van der Waals surface area contributed by atoms with Gasteiger partial charge in [-0.1, -0.05) is 42.5 Å². The molecule has 0 heterocycles. The number of hydrogen-bond acceptors (Lipinski definition) is 1. The monoisotopic (exact) mass is 202 g/mol. The largest absolute Gasteiger partial charge is 0.384 e. The average molecular weight is 202 g/mol. The van der Waals surface area contributed by atoms with Crippen molar-refractivity contribution in [1.82, 2.24) is 0 Å². The van der Waals surface area contributed by atoms with Gasteiger partial charge in [-0.15, -0.1) is 0 Å². The Morgan fingerprint density at radius 2 is 1.53 bits per heavy atom. The standard InChI is InChI=1S/C13H11FO/c14-12-8-4-7-11(9-12)13(15)10-5-2-1-3-6-10/h1-9,13,15H/t13-/m1/s1. The lowest BCUT2D eigenvalue weighted by atomic mass is 10.0. The lowest BCUT2D eigenvalue weighted by Gasteiger charge is -2.10. The van der Waals surface area contributed by atoms with Gasteiger partial charge in [-0.3, -0.25) is 0 Å². The zero-order valence-corrected chi connectivity index (χ0v) is 8.10. The lowest BCUT2D eigenvalue weighted by molar-refractivity contribution is 0.220. The highest BCUT2D eigenvalue weighted by Gasteiger charge is 2.09. The van der Waals surface area contributed by atoms with E-state index in [1.54, 1.807) is 12.1 Å². The molecular weight excluding hydrogens is 191 g/mol. The van der Waals surface area contributed by atoms with E-state index in [0.717, 1.165) is 5.56 Å². The van der Waals surface area contributed by atoms with Crippen molar-refractivity contribution < 1.29 is 9.50 Å². The average Bonchev–Trinajstić information content (AvgIpc) is 2.29. The molecule has 76 valence electrons. The van der Waals surface area contributed by atoms with Gasteiger partial charge in [0.1, 0.15) is 11.9 Å². The van der Waals surface area contributed by atoms with E-state index in [9.17, 15) is 9.50 Å². The summed E-state index contributed by atoms with van der Waals surface area (Å²) >= 11 is 0. The Morgan fingerprint density at radius 1 is 0.867 bits per heavy atom. The third-order valence-corrected chi connectivity index (χ3v) is 2.28. The fraction of sp³-hybridized carbons (Fsp3) is 0.0769. The molecule has 0 aliphatic rings. The summed E-state index contributed by atoms with van der Waals surface area (Å²) in [6, 6.07) is 15.2. The van der Waals surface area contributed by atoms with Crippen molar-refractivity contribution in [3.8, 4) is 0 Å². The third-order valence-electron chi connectivity index (χ3n) is 2.28. The minimum Gasteiger partial charge on any atom is -0.384 e. The minimum atomic E-state index is -0.762. The molecule has 1 atom stereocenters. The van der Waals surface area contributed by atoms with Crippen LogP contribution in [0, 0.1) is 5.82 Å². The van der Waals surface area contributed by atoms with E-state index in [-0.39, 0.29) is 5.82 Å². The summed E-state index contributed by atoms with van der Waals surface area (Å²) in [6.07, 6.45) is -0.762. The topological polar surface area (TPSA) is 20.2 Å². The summed E-state index contributed by atoms with van der Waals surface area (Å²) in [7, 11) is 0. The van der Waals surface area contributed by atoms with Gasteiger partial charge in [-0.25, -0.2) is 4.39 Å². The first-order valence-electron chi connectivity index (χ1n) is 4.76. The van der Waals surface area contributed by atoms with E-state index in [0.29, 0.717) is 5.56 Å². The van der Waals surface area contributed by atoms with Crippen LogP contribution in [0.4, 0.5) is 4.39 Å². The van der Waals surface area contributed by atoms with E-state index in [4.69, 9.17) is 0 Å². The van der Waals surface area contributed by atoms with E-state index in [1.165, 1.54) is 12.1 Å². The number of halogens is 1. The van der Waals surface area contributed by atoms with Gasteiger partial charge in [0.05, 0.1) is 0 Å². The Bertz CT molecular complexity index is 439. The van der Waals surface area contributed by atoms with Crippen LogP contribution in [0.2, 0.25) is 0 Å². The SMILES string of the molecule is O[C@H](c1ccccc1)c1cccc(F)c1. The highest BCUT2D eigenvalue weighted by molar-refractivity contribution is 5.29. The van der Waals surface area contributed by atoms with Crippen molar-refractivity contribution in [2.24, 2.45) is 0 Å². The summed E-state index contributed by atoms with van der Waals surface area (Å²) in [6.45, 7) is 0. The Kier molecular flexibility index (Phi) is 2.79. The number of aliphatic hydroxyl groups excluding tert-OH is 1. The molecule has 2 rings (SSSR count). The van der Waals surface area contributed by atoms with Gasteiger partial charge in [0.2, 0.25) is 0 Å². The van der Waals surface area contributed by atoms with Crippen LogP contribution >= 0.6 is 0 Å². The van der Waals surface area contributed by atoms with Gasteiger partial charge in [-0.2, -0.15) is 0 Å².